The molecular weight excluding hydrogens is 395 g/mol. The summed E-state index contributed by atoms with van der Waals surface area (Å²) in [7, 11) is -0.470. The van der Waals surface area contributed by atoms with Gasteiger partial charge >= 0.3 is 13.2 Å². The molecule has 2 saturated heterocycles. The van der Waals surface area contributed by atoms with Crippen molar-refractivity contribution in [1.82, 2.24) is 14.9 Å². The third-order valence-electron chi connectivity index (χ3n) is 6.56. The van der Waals surface area contributed by atoms with Crippen LogP contribution in [0.15, 0.2) is 12.4 Å². The van der Waals surface area contributed by atoms with Crippen LogP contribution in [-0.2, 0) is 14.0 Å². The van der Waals surface area contributed by atoms with Crippen molar-refractivity contribution < 1.29 is 18.8 Å². The first-order valence-corrected chi connectivity index (χ1v) is 11.3. The maximum Gasteiger partial charge on any atom is 0.498 e. The van der Waals surface area contributed by atoms with Gasteiger partial charge in [-0.05, 0) is 67.7 Å². The lowest BCUT2D eigenvalue weighted by molar-refractivity contribution is 0.00578. The lowest BCUT2D eigenvalue weighted by Crippen LogP contribution is -2.43. The van der Waals surface area contributed by atoms with Crippen LogP contribution < -0.4 is 10.4 Å². The summed E-state index contributed by atoms with van der Waals surface area (Å²) in [5, 5.41) is 0. The van der Waals surface area contributed by atoms with E-state index in [-0.39, 0.29) is 12.1 Å². The van der Waals surface area contributed by atoms with E-state index in [1.54, 1.807) is 17.3 Å². The van der Waals surface area contributed by atoms with Crippen LogP contribution in [0.2, 0.25) is 0 Å². The number of carbonyl (C=O) groups excluding carboxylic acids is 1. The van der Waals surface area contributed by atoms with Crippen LogP contribution in [0.5, 0.6) is 0 Å². The van der Waals surface area contributed by atoms with E-state index in [0.29, 0.717) is 25.1 Å². The van der Waals surface area contributed by atoms with Crippen LogP contribution in [-0.4, -0.2) is 70.1 Å². The van der Waals surface area contributed by atoms with Crippen LogP contribution in [0.25, 0.3) is 0 Å². The highest BCUT2D eigenvalue weighted by Gasteiger charge is 2.52. The highest BCUT2D eigenvalue weighted by atomic mass is 16.7. The molecule has 1 atom stereocenters. The summed E-state index contributed by atoms with van der Waals surface area (Å²) in [6, 6.07) is 0.633. The zero-order valence-corrected chi connectivity index (χ0v) is 19.8. The van der Waals surface area contributed by atoms with Gasteiger partial charge in [0.2, 0.25) is 5.95 Å². The molecule has 4 rings (SSSR count). The minimum atomic E-state index is -0.488. The van der Waals surface area contributed by atoms with E-state index >= 15 is 0 Å². The number of amides is 1. The average Bonchev–Trinajstić information content (AvgIpc) is 3.29. The number of carbonyl (C=O) groups is 1. The molecule has 3 fully saturated rings. The first-order valence-electron chi connectivity index (χ1n) is 11.3. The van der Waals surface area contributed by atoms with Crippen LogP contribution in [0.4, 0.5) is 10.7 Å². The van der Waals surface area contributed by atoms with Crippen molar-refractivity contribution in [2.24, 2.45) is 0 Å². The second-order valence-corrected chi connectivity index (χ2v) is 10.9. The molecule has 2 aliphatic heterocycles. The molecule has 0 aromatic carbocycles. The van der Waals surface area contributed by atoms with Gasteiger partial charge < -0.3 is 23.8 Å². The molecule has 1 aromatic rings. The van der Waals surface area contributed by atoms with Crippen molar-refractivity contribution in [2.75, 3.05) is 18.0 Å². The standard InChI is InChI=1S/C22H35BN4O4/c1-20(2,3)29-19(28)26-11-10-17(14-26)27(16-8-9-16)18-24-12-15(13-25-18)23-30-21(4,5)22(6,7)31-23/h12-13,16-17H,8-11,14H2,1-7H3/t17-/m1/s1. The molecule has 3 heterocycles. The Morgan fingerprint density at radius 3 is 2.19 bits per heavy atom. The predicted molar refractivity (Wildman–Crippen MR) is 119 cm³/mol. The van der Waals surface area contributed by atoms with Crippen LogP contribution in [0.3, 0.4) is 0 Å². The third-order valence-corrected chi connectivity index (χ3v) is 6.56. The van der Waals surface area contributed by atoms with Gasteiger partial charge in [0.1, 0.15) is 5.60 Å². The summed E-state index contributed by atoms with van der Waals surface area (Å²) in [6.07, 6.45) is 6.51. The highest BCUT2D eigenvalue weighted by molar-refractivity contribution is 6.61. The molecule has 0 N–H and O–H groups in total. The number of nitrogens with zero attached hydrogens (tertiary/aromatic N) is 4. The molecule has 1 amide bonds. The molecule has 0 spiro atoms. The van der Waals surface area contributed by atoms with Gasteiger partial charge in [-0.25, -0.2) is 14.8 Å². The van der Waals surface area contributed by atoms with Crippen molar-refractivity contribution in [3.63, 3.8) is 0 Å². The Bertz CT molecular complexity index is 804. The Kier molecular flexibility index (Phi) is 5.49. The highest BCUT2D eigenvalue weighted by Crippen LogP contribution is 2.37. The number of hydrogen-bond donors (Lipinski definition) is 0. The summed E-state index contributed by atoms with van der Waals surface area (Å²) in [5.74, 6) is 0.707. The summed E-state index contributed by atoms with van der Waals surface area (Å²) in [6.45, 7) is 15.1. The molecule has 9 heteroatoms. The summed E-state index contributed by atoms with van der Waals surface area (Å²) in [4.78, 5) is 25.9. The minimum Gasteiger partial charge on any atom is -0.444 e. The van der Waals surface area contributed by atoms with Crippen LogP contribution in [0.1, 0.15) is 67.7 Å². The molecule has 8 nitrogen and oxygen atoms in total. The summed E-state index contributed by atoms with van der Waals surface area (Å²) in [5.41, 5.74) is -0.464. The van der Waals surface area contributed by atoms with Gasteiger partial charge in [0.15, 0.2) is 0 Å². The zero-order valence-electron chi connectivity index (χ0n) is 19.8. The van der Waals surface area contributed by atoms with Crippen molar-refractivity contribution >= 4 is 24.6 Å². The second-order valence-electron chi connectivity index (χ2n) is 10.9. The third kappa shape index (κ3) is 4.67. The van der Waals surface area contributed by atoms with Gasteiger partial charge in [0.25, 0.3) is 0 Å². The van der Waals surface area contributed by atoms with Crippen LogP contribution in [0, 0.1) is 0 Å². The van der Waals surface area contributed by atoms with Gasteiger partial charge in [-0.2, -0.15) is 0 Å². The number of ether oxygens (including phenoxy) is 1. The first-order chi connectivity index (χ1) is 14.4. The molecule has 0 unspecified atom stereocenters. The van der Waals surface area contributed by atoms with E-state index in [2.05, 4.69) is 14.9 Å². The molecule has 1 saturated carbocycles. The fourth-order valence-corrected chi connectivity index (χ4v) is 4.00. The quantitative estimate of drug-likeness (QED) is 0.680. The zero-order chi connectivity index (χ0) is 22.6. The fraction of sp³-hybridized carbons (Fsp3) is 0.773. The summed E-state index contributed by atoms with van der Waals surface area (Å²) < 4.78 is 17.8. The van der Waals surface area contributed by atoms with E-state index in [1.807, 2.05) is 48.5 Å². The average molecular weight is 430 g/mol. The van der Waals surface area contributed by atoms with E-state index in [0.717, 1.165) is 24.7 Å². The maximum absolute atomic E-state index is 12.5. The number of hydrogen-bond acceptors (Lipinski definition) is 7. The normalized spacial score (nSPS) is 25.1. The van der Waals surface area contributed by atoms with Gasteiger partial charge in [0, 0.05) is 37.0 Å². The molecule has 3 aliphatic rings. The summed E-state index contributed by atoms with van der Waals surface area (Å²) >= 11 is 0. The van der Waals surface area contributed by atoms with Gasteiger partial charge in [0.05, 0.1) is 17.2 Å². The molecule has 170 valence electrons. The monoisotopic (exact) mass is 430 g/mol. The van der Waals surface area contributed by atoms with Crippen molar-refractivity contribution in [3.8, 4) is 0 Å². The largest absolute Gasteiger partial charge is 0.498 e. The van der Waals surface area contributed by atoms with Crippen LogP contribution >= 0.6 is 0 Å². The van der Waals surface area contributed by atoms with E-state index < -0.39 is 23.9 Å². The minimum absolute atomic E-state index is 0.197. The number of likely N-dealkylation sites (tertiary alicyclic amines) is 1. The maximum atomic E-state index is 12.5. The van der Waals surface area contributed by atoms with Gasteiger partial charge in [-0.3, -0.25) is 0 Å². The number of aromatic nitrogens is 2. The SMILES string of the molecule is CC(C)(C)OC(=O)N1CC[C@@H](N(c2ncc(B3OC(C)(C)C(C)(C)O3)cn2)C2CC2)C1. The van der Waals surface area contributed by atoms with Gasteiger partial charge in [-0.15, -0.1) is 0 Å². The Morgan fingerprint density at radius 1 is 1.10 bits per heavy atom. The van der Waals surface area contributed by atoms with E-state index in [1.165, 1.54) is 0 Å². The fourth-order valence-electron chi connectivity index (χ4n) is 4.00. The van der Waals surface area contributed by atoms with Crippen molar-refractivity contribution in [1.29, 1.82) is 0 Å². The van der Waals surface area contributed by atoms with E-state index in [4.69, 9.17) is 14.0 Å². The van der Waals surface area contributed by atoms with Crippen molar-refractivity contribution in [2.45, 2.75) is 96.6 Å². The second kappa shape index (κ2) is 7.62. The Hall–Kier alpha value is -1.87. The number of rotatable bonds is 4. The Morgan fingerprint density at radius 2 is 1.68 bits per heavy atom. The molecule has 31 heavy (non-hydrogen) atoms. The van der Waals surface area contributed by atoms with Gasteiger partial charge in [-0.1, -0.05) is 0 Å². The lowest BCUT2D eigenvalue weighted by Gasteiger charge is -2.32. The molecule has 1 aliphatic carbocycles. The topological polar surface area (TPSA) is 77.0 Å². The van der Waals surface area contributed by atoms with E-state index in [9.17, 15) is 4.79 Å². The molecule has 1 aromatic heterocycles. The lowest BCUT2D eigenvalue weighted by atomic mass is 9.81. The first kappa shape index (κ1) is 22.3. The number of anilines is 1. The molecule has 0 bridgehead atoms. The van der Waals surface area contributed by atoms with Crippen molar-refractivity contribution in [3.05, 3.63) is 12.4 Å². The Balaban J connectivity index is 1.45. The molecular formula is C22H35BN4O4. The molecule has 0 radical (unpaired) electrons. The Labute approximate surface area is 185 Å². The predicted octanol–water partition coefficient (Wildman–Crippen LogP) is 2.75. The smallest absolute Gasteiger partial charge is 0.444 e.